The van der Waals surface area contributed by atoms with Crippen LogP contribution in [0.3, 0.4) is 0 Å². The van der Waals surface area contributed by atoms with E-state index < -0.39 is 0 Å². The van der Waals surface area contributed by atoms with Crippen molar-refractivity contribution in [1.29, 1.82) is 0 Å². The van der Waals surface area contributed by atoms with Crippen molar-refractivity contribution in [2.24, 2.45) is 0 Å². The van der Waals surface area contributed by atoms with Crippen LogP contribution in [0.25, 0.3) is 0 Å². The first-order valence-corrected chi connectivity index (χ1v) is 8.55. The van der Waals surface area contributed by atoms with E-state index in [-0.39, 0.29) is 18.1 Å². The highest BCUT2D eigenvalue weighted by Gasteiger charge is 2.41. The van der Waals surface area contributed by atoms with Crippen molar-refractivity contribution in [3.63, 3.8) is 0 Å². The molecular weight excluding hydrogens is 300 g/mol. The lowest BCUT2D eigenvalue weighted by molar-refractivity contribution is -0.0503. The summed E-state index contributed by atoms with van der Waals surface area (Å²) in [4.78, 5) is 17.1. The molecule has 0 spiro atoms. The Hall–Kier alpha value is -2.17. The normalized spacial score (nSPS) is 23.9. The number of amides is 1. The number of hydrogen-bond donors (Lipinski definition) is 0. The number of carbonyl (C=O) groups excluding carboxylic acids is 1. The molecule has 24 heavy (non-hydrogen) atoms. The highest BCUT2D eigenvalue weighted by Crippen LogP contribution is 2.25. The molecule has 124 valence electrons. The largest absolute Gasteiger partial charge is 0.373 e. The second kappa shape index (κ2) is 6.75. The van der Waals surface area contributed by atoms with E-state index in [2.05, 4.69) is 29.2 Å². The number of carbonyl (C=O) groups is 1. The molecule has 0 bridgehead atoms. The van der Waals surface area contributed by atoms with Crippen molar-refractivity contribution >= 4 is 5.91 Å². The Balaban J connectivity index is 1.47. The van der Waals surface area contributed by atoms with Crippen LogP contribution in [0, 0.1) is 0 Å². The lowest BCUT2D eigenvalue weighted by atomic mass is 10.1. The molecule has 2 aliphatic heterocycles. The zero-order chi connectivity index (χ0) is 16.4. The van der Waals surface area contributed by atoms with Crippen LogP contribution in [-0.2, 0) is 11.3 Å². The Kier molecular flexibility index (Phi) is 4.32. The molecule has 4 nitrogen and oxygen atoms in total. The summed E-state index contributed by atoms with van der Waals surface area (Å²) in [5.41, 5.74) is 2.07. The van der Waals surface area contributed by atoms with Crippen molar-refractivity contribution in [1.82, 2.24) is 9.80 Å². The highest BCUT2D eigenvalue weighted by atomic mass is 16.5. The predicted molar refractivity (Wildman–Crippen MR) is 92.7 cm³/mol. The Bertz CT molecular complexity index is 689. The Morgan fingerprint density at radius 3 is 2.46 bits per heavy atom. The van der Waals surface area contributed by atoms with Crippen LogP contribution in [-0.4, -0.2) is 54.1 Å². The van der Waals surface area contributed by atoms with Gasteiger partial charge >= 0.3 is 0 Å². The van der Waals surface area contributed by atoms with E-state index in [1.54, 1.807) is 0 Å². The lowest BCUT2D eigenvalue weighted by Crippen LogP contribution is -2.50. The smallest absolute Gasteiger partial charge is 0.253 e. The predicted octanol–water partition coefficient (Wildman–Crippen LogP) is 2.41. The van der Waals surface area contributed by atoms with Crippen LogP contribution < -0.4 is 0 Å². The van der Waals surface area contributed by atoms with Gasteiger partial charge in [0.15, 0.2) is 0 Å². The van der Waals surface area contributed by atoms with Gasteiger partial charge in [-0.2, -0.15) is 0 Å². The molecule has 2 atom stereocenters. The number of rotatable bonds is 3. The second-order valence-corrected chi connectivity index (χ2v) is 6.51. The van der Waals surface area contributed by atoms with Crippen molar-refractivity contribution in [3.8, 4) is 0 Å². The van der Waals surface area contributed by atoms with Gasteiger partial charge in [0.25, 0.3) is 5.91 Å². The molecule has 0 radical (unpaired) electrons. The molecule has 2 aromatic rings. The molecule has 0 saturated carbocycles. The SMILES string of the molecule is O=C(c1ccccc1)N1CC2OCCN(Cc3ccccc3)C2C1. The number of hydrogen-bond acceptors (Lipinski definition) is 3. The third-order valence-electron chi connectivity index (χ3n) is 4.95. The molecule has 0 N–H and O–H groups in total. The van der Waals surface area contributed by atoms with E-state index in [1.807, 2.05) is 41.3 Å². The zero-order valence-electron chi connectivity index (χ0n) is 13.7. The fourth-order valence-electron chi connectivity index (χ4n) is 3.70. The van der Waals surface area contributed by atoms with Crippen LogP contribution in [0.4, 0.5) is 0 Å². The minimum atomic E-state index is 0.105. The van der Waals surface area contributed by atoms with E-state index in [4.69, 9.17) is 4.74 Å². The monoisotopic (exact) mass is 322 g/mol. The molecule has 2 unspecified atom stereocenters. The van der Waals surface area contributed by atoms with Crippen molar-refractivity contribution in [2.45, 2.75) is 18.7 Å². The van der Waals surface area contributed by atoms with Gasteiger partial charge in [0, 0.05) is 31.7 Å². The van der Waals surface area contributed by atoms with E-state index in [0.29, 0.717) is 6.54 Å². The molecule has 4 heteroatoms. The van der Waals surface area contributed by atoms with Crippen LogP contribution in [0.2, 0.25) is 0 Å². The maximum Gasteiger partial charge on any atom is 0.253 e. The average molecular weight is 322 g/mol. The third kappa shape index (κ3) is 3.07. The van der Waals surface area contributed by atoms with Crippen molar-refractivity contribution in [2.75, 3.05) is 26.2 Å². The van der Waals surface area contributed by atoms with Gasteiger partial charge in [-0.3, -0.25) is 9.69 Å². The summed E-state index contributed by atoms with van der Waals surface area (Å²) in [6.07, 6.45) is 0.120. The van der Waals surface area contributed by atoms with Gasteiger partial charge in [0.05, 0.1) is 18.8 Å². The molecule has 4 rings (SSSR count). The molecular formula is C20H22N2O2. The molecule has 2 saturated heterocycles. The average Bonchev–Trinajstić information content (AvgIpc) is 3.08. The van der Waals surface area contributed by atoms with E-state index >= 15 is 0 Å². The minimum Gasteiger partial charge on any atom is -0.373 e. The quantitative estimate of drug-likeness (QED) is 0.870. The van der Waals surface area contributed by atoms with Gasteiger partial charge in [-0.1, -0.05) is 48.5 Å². The van der Waals surface area contributed by atoms with Crippen LogP contribution in [0.1, 0.15) is 15.9 Å². The molecule has 2 heterocycles. The lowest BCUT2D eigenvalue weighted by Gasteiger charge is -2.36. The fourth-order valence-corrected chi connectivity index (χ4v) is 3.70. The molecule has 2 fully saturated rings. The van der Waals surface area contributed by atoms with Gasteiger partial charge in [0.1, 0.15) is 0 Å². The van der Waals surface area contributed by atoms with Crippen LogP contribution in [0.15, 0.2) is 60.7 Å². The molecule has 1 amide bonds. The van der Waals surface area contributed by atoms with Crippen LogP contribution in [0.5, 0.6) is 0 Å². The van der Waals surface area contributed by atoms with Gasteiger partial charge in [-0.05, 0) is 17.7 Å². The molecule has 2 aromatic carbocycles. The summed E-state index contributed by atoms with van der Waals surface area (Å²) in [6.45, 7) is 4.00. The van der Waals surface area contributed by atoms with Gasteiger partial charge in [-0.15, -0.1) is 0 Å². The minimum absolute atomic E-state index is 0.105. The second-order valence-electron chi connectivity index (χ2n) is 6.51. The number of morpholine rings is 1. The summed E-state index contributed by atoms with van der Waals surface area (Å²) < 4.78 is 5.95. The number of fused-ring (bicyclic) bond motifs is 1. The Morgan fingerprint density at radius 2 is 1.71 bits per heavy atom. The molecule has 2 aliphatic rings. The maximum absolute atomic E-state index is 12.7. The summed E-state index contributed by atoms with van der Waals surface area (Å²) in [5.74, 6) is 0.105. The van der Waals surface area contributed by atoms with Gasteiger partial charge in [-0.25, -0.2) is 0 Å². The van der Waals surface area contributed by atoms with Crippen LogP contribution >= 0.6 is 0 Å². The summed E-state index contributed by atoms with van der Waals surface area (Å²) in [6, 6.07) is 20.3. The number of nitrogens with zero attached hydrogens (tertiary/aromatic N) is 2. The summed E-state index contributed by atoms with van der Waals surface area (Å²) in [5, 5.41) is 0. The van der Waals surface area contributed by atoms with E-state index in [0.717, 1.165) is 31.8 Å². The molecule has 0 aromatic heterocycles. The standard InChI is InChI=1S/C20H22N2O2/c23-20(17-9-5-2-6-10-17)22-14-18-19(15-22)24-12-11-21(18)13-16-7-3-1-4-8-16/h1-10,18-19H,11-15H2. The zero-order valence-corrected chi connectivity index (χ0v) is 13.7. The number of likely N-dealkylation sites (tertiary alicyclic amines) is 1. The van der Waals surface area contributed by atoms with Gasteiger partial charge in [0.2, 0.25) is 0 Å². The van der Waals surface area contributed by atoms with E-state index in [9.17, 15) is 4.79 Å². The molecule has 0 aliphatic carbocycles. The Labute approximate surface area is 142 Å². The number of benzene rings is 2. The number of ether oxygens (including phenoxy) is 1. The summed E-state index contributed by atoms with van der Waals surface area (Å²) in [7, 11) is 0. The fraction of sp³-hybridized carbons (Fsp3) is 0.350. The van der Waals surface area contributed by atoms with Crippen molar-refractivity contribution < 1.29 is 9.53 Å². The topological polar surface area (TPSA) is 32.8 Å². The Morgan fingerprint density at radius 1 is 1.00 bits per heavy atom. The third-order valence-corrected chi connectivity index (χ3v) is 4.95. The maximum atomic E-state index is 12.7. The first kappa shape index (κ1) is 15.4. The van der Waals surface area contributed by atoms with E-state index in [1.165, 1.54) is 5.56 Å². The first-order valence-electron chi connectivity index (χ1n) is 8.55. The first-order chi connectivity index (χ1) is 11.8. The summed E-state index contributed by atoms with van der Waals surface area (Å²) >= 11 is 0. The highest BCUT2D eigenvalue weighted by molar-refractivity contribution is 5.94. The van der Waals surface area contributed by atoms with Crippen molar-refractivity contribution in [3.05, 3.63) is 71.8 Å². The van der Waals surface area contributed by atoms with Gasteiger partial charge < -0.3 is 9.64 Å².